The normalized spacial score (nSPS) is 10.9. The first-order valence-electron chi connectivity index (χ1n) is 5.36. The second-order valence-electron chi connectivity index (χ2n) is 3.95. The molecule has 84 valence electrons. The number of hydrogen-bond acceptors (Lipinski definition) is 3. The number of phenolic OH excluding ortho intramolecular Hbond substituents is 1. The summed E-state index contributed by atoms with van der Waals surface area (Å²) in [5.41, 5.74) is 3.18. The number of aromatic nitrogens is 3. The van der Waals surface area contributed by atoms with Gasteiger partial charge in [-0.2, -0.15) is 4.80 Å². The Morgan fingerprint density at radius 2 is 1.65 bits per heavy atom. The van der Waals surface area contributed by atoms with E-state index in [1.807, 2.05) is 43.3 Å². The van der Waals surface area contributed by atoms with Crippen LogP contribution in [0, 0.1) is 6.92 Å². The third kappa shape index (κ3) is 1.63. The quantitative estimate of drug-likeness (QED) is 0.692. The number of para-hydroxylation sites is 1. The maximum absolute atomic E-state index is 9.62. The molecule has 3 rings (SSSR count). The highest BCUT2D eigenvalue weighted by Gasteiger charge is 2.06. The van der Waals surface area contributed by atoms with Gasteiger partial charge in [0.1, 0.15) is 16.8 Å². The fourth-order valence-corrected chi connectivity index (χ4v) is 1.73. The number of nitrogens with zero attached hydrogens (tertiary/aromatic N) is 3. The number of hydrogen-bond donors (Lipinski definition) is 1. The Labute approximate surface area is 98.1 Å². The topological polar surface area (TPSA) is 50.9 Å². The van der Waals surface area contributed by atoms with E-state index < -0.39 is 0 Å². The van der Waals surface area contributed by atoms with Gasteiger partial charge in [0.2, 0.25) is 0 Å². The van der Waals surface area contributed by atoms with Gasteiger partial charge in [-0.3, -0.25) is 0 Å². The predicted molar refractivity (Wildman–Crippen MR) is 65.3 cm³/mol. The van der Waals surface area contributed by atoms with Gasteiger partial charge in [0.15, 0.2) is 0 Å². The van der Waals surface area contributed by atoms with E-state index in [4.69, 9.17) is 0 Å². The highest BCUT2D eigenvalue weighted by Crippen LogP contribution is 2.22. The third-order valence-corrected chi connectivity index (χ3v) is 2.69. The molecule has 1 heterocycles. The zero-order valence-electron chi connectivity index (χ0n) is 9.33. The van der Waals surface area contributed by atoms with Crippen LogP contribution in [-0.2, 0) is 0 Å². The van der Waals surface area contributed by atoms with Crippen molar-refractivity contribution in [3.8, 4) is 11.4 Å². The van der Waals surface area contributed by atoms with Gasteiger partial charge in [0.05, 0.1) is 5.69 Å². The molecule has 0 aliphatic rings. The third-order valence-electron chi connectivity index (χ3n) is 2.69. The average Bonchev–Trinajstić information content (AvgIpc) is 2.74. The molecule has 0 aliphatic heterocycles. The number of fused-ring (bicyclic) bond motifs is 1. The lowest BCUT2D eigenvalue weighted by Crippen LogP contribution is -1.97. The highest BCUT2D eigenvalue weighted by molar-refractivity contribution is 5.77. The van der Waals surface area contributed by atoms with Gasteiger partial charge in [0.25, 0.3) is 0 Å². The van der Waals surface area contributed by atoms with Crippen LogP contribution in [0.5, 0.6) is 5.75 Å². The number of benzene rings is 2. The Morgan fingerprint density at radius 3 is 2.35 bits per heavy atom. The molecule has 0 unspecified atom stereocenters. The summed E-state index contributed by atoms with van der Waals surface area (Å²) in [6.45, 7) is 1.84. The number of phenols is 1. The molecule has 0 saturated heterocycles. The van der Waals surface area contributed by atoms with E-state index in [1.54, 1.807) is 10.9 Å². The average molecular weight is 225 g/mol. The lowest BCUT2D eigenvalue weighted by atomic mass is 10.2. The van der Waals surface area contributed by atoms with E-state index in [-0.39, 0.29) is 5.75 Å². The molecule has 4 heteroatoms. The lowest BCUT2D eigenvalue weighted by Gasteiger charge is -1.96. The standard InChI is InChI=1S/C13H11N3O/c1-9-7-11-12(8-13(9)17)15-16(14-11)10-5-3-2-4-6-10/h2-8,17H,1H3. The summed E-state index contributed by atoms with van der Waals surface area (Å²) in [7, 11) is 0. The molecule has 0 saturated carbocycles. The first-order chi connectivity index (χ1) is 8.24. The van der Waals surface area contributed by atoms with Crippen LogP contribution in [0.15, 0.2) is 42.5 Å². The summed E-state index contributed by atoms with van der Waals surface area (Å²) < 4.78 is 0. The van der Waals surface area contributed by atoms with E-state index in [2.05, 4.69) is 10.2 Å². The highest BCUT2D eigenvalue weighted by atomic mass is 16.3. The molecule has 0 aliphatic carbocycles. The fraction of sp³-hybridized carbons (Fsp3) is 0.0769. The van der Waals surface area contributed by atoms with E-state index >= 15 is 0 Å². The Balaban J connectivity index is 2.21. The van der Waals surface area contributed by atoms with E-state index in [0.717, 1.165) is 16.8 Å². The lowest BCUT2D eigenvalue weighted by molar-refractivity contribution is 0.472. The fourth-order valence-electron chi connectivity index (χ4n) is 1.73. The van der Waals surface area contributed by atoms with Crippen molar-refractivity contribution < 1.29 is 5.11 Å². The number of rotatable bonds is 1. The minimum absolute atomic E-state index is 0.248. The van der Waals surface area contributed by atoms with Crippen molar-refractivity contribution in [2.75, 3.05) is 0 Å². The van der Waals surface area contributed by atoms with Gasteiger partial charge in [-0.05, 0) is 30.7 Å². The minimum Gasteiger partial charge on any atom is -0.508 e. The molecule has 2 aromatic carbocycles. The number of aryl methyl sites for hydroxylation is 1. The van der Waals surface area contributed by atoms with Crippen LogP contribution in [-0.4, -0.2) is 20.1 Å². The summed E-state index contributed by atoms with van der Waals surface area (Å²) in [5.74, 6) is 0.248. The van der Waals surface area contributed by atoms with Crippen molar-refractivity contribution in [3.05, 3.63) is 48.0 Å². The van der Waals surface area contributed by atoms with Crippen molar-refractivity contribution >= 4 is 11.0 Å². The van der Waals surface area contributed by atoms with Gasteiger partial charge in [-0.15, -0.1) is 10.2 Å². The molecule has 1 aromatic heterocycles. The van der Waals surface area contributed by atoms with Crippen LogP contribution < -0.4 is 0 Å². The van der Waals surface area contributed by atoms with Crippen LogP contribution in [0.3, 0.4) is 0 Å². The maximum atomic E-state index is 9.62. The van der Waals surface area contributed by atoms with Crippen molar-refractivity contribution in [1.29, 1.82) is 0 Å². The van der Waals surface area contributed by atoms with E-state index in [0.29, 0.717) is 5.52 Å². The summed E-state index contributed by atoms with van der Waals surface area (Å²) >= 11 is 0. The Kier molecular flexibility index (Phi) is 2.08. The summed E-state index contributed by atoms with van der Waals surface area (Å²) in [4.78, 5) is 1.57. The monoisotopic (exact) mass is 225 g/mol. The van der Waals surface area contributed by atoms with Gasteiger partial charge in [-0.25, -0.2) is 0 Å². The molecule has 1 N–H and O–H groups in total. The van der Waals surface area contributed by atoms with E-state index in [1.165, 1.54) is 0 Å². The second kappa shape index (κ2) is 3.59. The Bertz CT molecular complexity index is 635. The molecule has 0 bridgehead atoms. The molecule has 4 nitrogen and oxygen atoms in total. The number of aromatic hydroxyl groups is 1. The zero-order chi connectivity index (χ0) is 11.8. The van der Waals surface area contributed by atoms with Crippen LogP contribution in [0.25, 0.3) is 16.7 Å². The molecule has 0 fully saturated rings. The largest absolute Gasteiger partial charge is 0.508 e. The van der Waals surface area contributed by atoms with Gasteiger partial charge >= 0.3 is 0 Å². The molecule has 17 heavy (non-hydrogen) atoms. The van der Waals surface area contributed by atoms with Crippen molar-refractivity contribution in [2.45, 2.75) is 6.92 Å². The van der Waals surface area contributed by atoms with Crippen LogP contribution in [0.2, 0.25) is 0 Å². The Hall–Kier alpha value is -2.36. The zero-order valence-corrected chi connectivity index (χ0v) is 9.33. The smallest absolute Gasteiger partial charge is 0.120 e. The molecule has 0 spiro atoms. The second-order valence-corrected chi connectivity index (χ2v) is 3.95. The molecule has 0 radical (unpaired) electrons. The van der Waals surface area contributed by atoms with Crippen LogP contribution in [0.4, 0.5) is 0 Å². The minimum atomic E-state index is 0.248. The van der Waals surface area contributed by atoms with Crippen LogP contribution in [0.1, 0.15) is 5.56 Å². The molecule has 0 atom stereocenters. The predicted octanol–water partition coefficient (Wildman–Crippen LogP) is 2.43. The van der Waals surface area contributed by atoms with Gasteiger partial charge in [0, 0.05) is 6.07 Å². The summed E-state index contributed by atoms with van der Waals surface area (Å²) in [5, 5.41) is 18.3. The first kappa shape index (κ1) is 9.84. The molecule has 3 aromatic rings. The van der Waals surface area contributed by atoms with Crippen molar-refractivity contribution in [2.24, 2.45) is 0 Å². The maximum Gasteiger partial charge on any atom is 0.120 e. The molecular weight excluding hydrogens is 214 g/mol. The van der Waals surface area contributed by atoms with Crippen molar-refractivity contribution in [1.82, 2.24) is 15.0 Å². The summed E-state index contributed by atoms with van der Waals surface area (Å²) in [6.07, 6.45) is 0. The SMILES string of the molecule is Cc1cc2nn(-c3ccccc3)nc2cc1O. The van der Waals surface area contributed by atoms with Gasteiger partial charge < -0.3 is 5.11 Å². The molecular formula is C13H11N3O. The van der Waals surface area contributed by atoms with E-state index in [9.17, 15) is 5.11 Å². The molecule has 0 amide bonds. The van der Waals surface area contributed by atoms with Crippen molar-refractivity contribution in [3.63, 3.8) is 0 Å². The van der Waals surface area contributed by atoms with Crippen LogP contribution >= 0.6 is 0 Å². The first-order valence-corrected chi connectivity index (χ1v) is 5.36. The van der Waals surface area contributed by atoms with Gasteiger partial charge in [-0.1, -0.05) is 18.2 Å². The Morgan fingerprint density at radius 1 is 1.00 bits per heavy atom. The summed E-state index contributed by atoms with van der Waals surface area (Å²) in [6, 6.07) is 13.2.